The van der Waals surface area contributed by atoms with E-state index in [2.05, 4.69) is 15.3 Å². The lowest BCUT2D eigenvalue weighted by Crippen LogP contribution is -2.25. The van der Waals surface area contributed by atoms with Gasteiger partial charge in [-0.2, -0.15) is 5.10 Å². The molecule has 7 nitrogen and oxygen atoms in total. The standard InChI is InChI=1S/C20H23FN6O/c1-14(28)26-9-5-16(13-26)18-19-20(24-7-6-23-19)27(25-18)10-8-22-12-15-3-2-4-17(21)11-15/h2-4,6-7,11,16,22H,5,8-10,12-13H2,1H3/t16-/m1/s1. The quantitative estimate of drug-likeness (QED) is 0.661. The largest absolute Gasteiger partial charge is 0.342 e. The van der Waals surface area contributed by atoms with Crippen LogP contribution in [0.1, 0.15) is 30.5 Å². The van der Waals surface area contributed by atoms with Gasteiger partial charge in [-0.15, -0.1) is 0 Å². The molecule has 0 spiro atoms. The van der Waals surface area contributed by atoms with Crippen LogP contribution in [-0.2, 0) is 17.9 Å². The minimum atomic E-state index is -0.228. The Kier molecular flexibility index (Phi) is 5.29. The van der Waals surface area contributed by atoms with Gasteiger partial charge in [-0.05, 0) is 24.1 Å². The van der Waals surface area contributed by atoms with Gasteiger partial charge in [-0.1, -0.05) is 12.1 Å². The zero-order valence-corrected chi connectivity index (χ0v) is 15.8. The van der Waals surface area contributed by atoms with Crippen molar-refractivity contribution in [1.29, 1.82) is 0 Å². The first kappa shape index (κ1) is 18.5. The van der Waals surface area contributed by atoms with Gasteiger partial charge in [-0.25, -0.2) is 19.0 Å². The minimum Gasteiger partial charge on any atom is -0.342 e. The summed E-state index contributed by atoms with van der Waals surface area (Å²) in [7, 11) is 0. The van der Waals surface area contributed by atoms with Crippen molar-refractivity contribution < 1.29 is 9.18 Å². The number of carbonyl (C=O) groups excluding carboxylic acids is 1. The van der Waals surface area contributed by atoms with E-state index in [0.717, 1.165) is 35.4 Å². The smallest absolute Gasteiger partial charge is 0.219 e. The van der Waals surface area contributed by atoms with Crippen LogP contribution in [0.3, 0.4) is 0 Å². The van der Waals surface area contributed by atoms with Crippen molar-refractivity contribution in [2.75, 3.05) is 19.6 Å². The minimum absolute atomic E-state index is 0.0962. The number of hydrogen-bond donors (Lipinski definition) is 1. The lowest BCUT2D eigenvalue weighted by Gasteiger charge is -2.12. The molecule has 1 aliphatic heterocycles. The molecular weight excluding hydrogens is 359 g/mol. The van der Waals surface area contributed by atoms with Crippen molar-refractivity contribution in [3.8, 4) is 0 Å². The average Bonchev–Trinajstić information content (AvgIpc) is 3.31. The molecule has 0 saturated carbocycles. The van der Waals surface area contributed by atoms with E-state index in [1.807, 2.05) is 15.6 Å². The predicted molar refractivity (Wildman–Crippen MR) is 103 cm³/mol. The van der Waals surface area contributed by atoms with Crippen LogP contribution >= 0.6 is 0 Å². The first-order valence-corrected chi connectivity index (χ1v) is 9.50. The van der Waals surface area contributed by atoms with Crippen molar-refractivity contribution >= 4 is 17.1 Å². The summed E-state index contributed by atoms with van der Waals surface area (Å²) in [5.74, 6) is 0.0527. The maximum absolute atomic E-state index is 13.3. The lowest BCUT2D eigenvalue weighted by molar-refractivity contribution is -0.127. The molecule has 0 radical (unpaired) electrons. The molecule has 1 saturated heterocycles. The zero-order valence-electron chi connectivity index (χ0n) is 15.8. The summed E-state index contributed by atoms with van der Waals surface area (Å²) in [4.78, 5) is 22.4. The van der Waals surface area contributed by atoms with Gasteiger partial charge in [0.25, 0.3) is 0 Å². The third kappa shape index (κ3) is 3.87. The molecule has 3 heterocycles. The maximum atomic E-state index is 13.3. The fraction of sp³-hybridized carbons (Fsp3) is 0.400. The van der Waals surface area contributed by atoms with Crippen LogP contribution in [0.25, 0.3) is 11.2 Å². The van der Waals surface area contributed by atoms with Gasteiger partial charge in [0.2, 0.25) is 5.91 Å². The Morgan fingerprint density at radius 3 is 2.96 bits per heavy atom. The predicted octanol–water partition coefficient (Wildman–Crippen LogP) is 2.09. The first-order valence-electron chi connectivity index (χ1n) is 9.50. The summed E-state index contributed by atoms with van der Waals surface area (Å²) in [6.45, 7) is 4.93. The van der Waals surface area contributed by atoms with Gasteiger partial charge in [-0.3, -0.25) is 4.79 Å². The van der Waals surface area contributed by atoms with Crippen molar-refractivity contribution in [2.24, 2.45) is 0 Å². The molecule has 0 unspecified atom stereocenters. The number of fused-ring (bicyclic) bond motifs is 1. The Balaban J connectivity index is 1.45. The van der Waals surface area contributed by atoms with E-state index in [0.29, 0.717) is 26.2 Å². The van der Waals surface area contributed by atoms with E-state index in [9.17, 15) is 9.18 Å². The Hall–Kier alpha value is -2.87. The number of benzene rings is 1. The Morgan fingerprint density at radius 1 is 1.32 bits per heavy atom. The molecule has 28 heavy (non-hydrogen) atoms. The molecule has 1 N–H and O–H groups in total. The second-order valence-electron chi connectivity index (χ2n) is 7.09. The number of carbonyl (C=O) groups is 1. The van der Waals surface area contributed by atoms with E-state index in [1.165, 1.54) is 12.1 Å². The number of aromatic nitrogens is 4. The van der Waals surface area contributed by atoms with Crippen molar-refractivity contribution in [3.63, 3.8) is 0 Å². The SMILES string of the molecule is CC(=O)N1CC[C@@H](c2nn(CCNCc3cccc(F)c3)c3nccnc23)C1. The molecule has 1 fully saturated rings. The highest BCUT2D eigenvalue weighted by molar-refractivity contribution is 5.75. The van der Waals surface area contributed by atoms with E-state index in [4.69, 9.17) is 5.10 Å². The Labute approximate surface area is 162 Å². The van der Waals surface area contributed by atoms with Gasteiger partial charge >= 0.3 is 0 Å². The van der Waals surface area contributed by atoms with Crippen LogP contribution < -0.4 is 5.32 Å². The Bertz CT molecular complexity index is 988. The molecule has 1 atom stereocenters. The number of likely N-dealkylation sites (tertiary alicyclic amines) is 1. The van der Waals surface area contributed by atoms with Crippen molar-refractivity contribution in [3.05, 3.63) is 53.7 Å². The van der Waals surface area contributed by atoms with Gasteiger partial charge in [0.1, 0.15) is 11.3 Å². The zero-order chi connectivity index (χ0) is 19.5. The monoisotopic (exact) mass is 382 g/mol. The summed E-state index contributed by atoms with van der Waals surface area (Å²) < 4.78 is 15.1. The van der Waals surface area contributed by atoms with E-state index >= 15 is 0 Å². The summed E-state index contributed by atoms with van der Waals surface area (Å²) in [5.41, 5.74) is 3.38. The van der Waals surface area contributed by atoms with Gasteiger partial charge in [0, 0.05) is 51.4 Å². The lowest BCUT2D eigenvalue weighted by atomic mass is 10.0. The summed E-state index contributed by atoms with van der Waals surface area (Å²) in [6, 6.07) is 6.57. The topological polar surface area (TPSA) is 75.9 Å². The van der Waals surface area contributed by atoms with Gasteiger partial charge < -0.3 is 10.2 Å². The maximum Gasteiger partial charge on any atom is 0.219 e. The molecule has 2 aromatic heterocycles. The first-order chi connectivity index (χ1) is 13.6. The fourth-order valence-corrected chi connectivity index (χ4v) is 3.69. The molecule has 1 amide bonds. The van der Waals surface area contributed by atoms with E-state index in [-0.39, 0.29) is 17.6 Å². The second kappa shape index (κ2) is 8.02. The summed E-state index contributed by atoms with van der Waals surface area (Å²) in [5, 5.41) is 8.09. The highest BCUT2D eigenvalue weighted by atomic mass is 19.1. The van der Waals surface area contributed by atoms with Gasteiger partial charge in [0.05, 0.1) is 12.2 Å². The molecule has 8 heteroatoms. The highest BCUT2D eigenvalue weighted by Crippen LogP contribution is 2.30. The molecule has 1 aromatic carbocycles. The molecule has 4 rings (SSSR count). The van der Waals surface area contributed by atoms with E-state index < -0.39 is 0 Å². The summed E-state index contributed by atoms with van der Waals surface area (Å²) in [6.07, 6.45) is 4.23. The molecule has 146 valence electrons. The number of nitrogens with one attached hydrogen (secondary N) is 1. The number of hydrogen-bond acceptors (Lipinski definition) is 5. The average molecular weight is 382 g/mol. The van der Waals surface area contributed by atoms with Crippen molar-refractivity contribution in [2.45, 2.75) is 32.4 Å². The van der Waals surface area contributed by atoms with Crippen LogP contribution in [0.15, 0.2) is 36.7 Å². The molecule has 3 aromatic rings. The van der Waals surface area contributed by atoms with Crippen LogP contribution in [0.5, 0.6) is 0 Å². The summed E-state index contributed by atoms with van der Waals surface area (Å²) >= 11 is 0. The molecule has 0 bridgehead atoms. The van der Waals surface area contributed by atoms with Gasteiger partial charge in [0.15, 0.2) is 5.65 Å². The normalized spacial score (nSPS) is 16.8. The third-order valence-electron chi connectivity index (χ3n) is 5.13. The number of amides is 1. The third-order valence-corrected chi connectivity index (χ3v) is 5.13. The number of rotatable bonds is 6. The molecule has 1 aliphatic rings. The van der Waals surface area contributed by atoms with Crippen LogP contribution in [0, 0.1) is 5.82 Å². The fourth-order valence-electron chi connectivity index (χ4n) is 3.69. The second-order valence-corrected chi connectivity index (χ2v) is 7.09. The number of halogens is 1. The van der Waals surface area contributed by atoms with E-state index in [1.54, 1.807) is 25.4 Å². The van der Waals surface area contributed by atoms with Crippen molar-refractivity contribution in [1.82, 2.24) is 30.0 Å². The molecular formula is C20H23FN6O. The van der Waals surface area contributed by atoms with Crippen LogP contribution in [-0.4, -0.2) is 50.2 Å². The van der Waals surface area contributed by atoms with Crippen LogP contribution in [0.4, 0.5) is 4.39 Å². The van der Waals surface area contributed by atoms with Crippen LogP contribution in [0.2, 0.25) is 0 Å². The highest BCUT2D eigenvalue weighted by Gasteiger charge is 2.30. The molecule has 0 aliphatic carbocycles. The number of nitrogens with zero attached hydrogens (tertiary/aromatic N) is 5. The Morgan fingerprint density at radius 2 is 2.18 bits per heavy atom.